The van der Waals surface area contributed by atoms with Crippen molar-refractivity contribution in [2.24, 2.45) is 5.41 Å². The van der Waals surface area contributed by atoms with E-state index in [4.69, 9.17) is 0 Å². The van der Waals surface area contributed by atoms with Gasteiger partial charge in [0.15, 0.2) is 0 Å². The Morgan fingerprint density at radius 2 is 2.00 bits per heavy atom. The van der Waals surface area contributed by atoms with Gasteiger partial charge in [-0.1, -0.05) is 42.8 Å². The average Bonchev–Trinajstić information content (AvgIpc) is 2.30. The molecule has 4 nitrogen and oxygen atoms in total. The molecule has 1 aromatic rings. The van der Waals surface area contributed by atoms with Gasteiger partial charge in [0.1, 0.15) is 12.6 Å². The van der Waals surface area contributed by atoms with Crippen molar-refractivity contribution in [3.8, 4) is 0 Å². The summed E-state index contributed by atoms with van der Waals surface area (Å²) in [6.07, 6.45) is 0. The van der Waals surface area contributed by atoms with Crippen molar-refractivity contribution < 1.29 is 9.59 Å². The van der Waals surface area contributed by atoms with Crippen LogP contribution in [0.5, 0.6) is 0 Å². The second kappa shape index (κ2) is 4.96. The first-order valence-corrected chi connectivity index (χ1v) is 6.94. The lowest BCUT2D eigenvalue weighted by Crippen LogP contribution is -2.62. The van der Waals surface area contributed by atoms with Gasteiger partial charge in [0.2, 0.25) is 5.91 Å². The Hall–Kier alpha value is -1.36. The molecular formula is C14H17BrN2O2. The molecule has 1 heterocycles. The van der Waals surface area contributed by atoms with Crippen molar-refractivity contribution in [2.45, 2.75) is 26.8 Å². The van der Waals surface area contributed by atoms with Crippen LogP contribution in [0.3, 0.4) is 0 Å². The summed E-state index contributed by atoms with van der Waals surface area (Å²) in [6.45, 7) is 5.91. The number of carbonyl (C=O) groups is 2. The van der Waals surface area contributed by atoms with E-state index in [0.717, 1.165) is 10.2 Å². The van der Waals surface area contributed by atoms with Gasteiger partial charge < -0.3 is 10.2 Å². The van der Waals surface area contributed by atoms with Crippen LogP contribution in [0.2, 0.25) is 0 Å². The lowest BCUT2D eigenvalue weighted by Gasteiger charge is -2.38. The van der Waals surface area contributed by atoms with Gasteiger partial charge >= 0.3 is 0 Å². The van der Waals surface area contributed by atoms with Crippen molar-refractivity contribution in [3.05, 3.63) is 28.7 Å². The largest absolute Gasteiger partial charge is 0.342 e. The summed E-state index contributed by atoms with van der Waals surface area (Å²) in [6, 6.07) is 6.93. The van der Waals surface area contributed by atoms with E-state index >= 15 is 0 Å². The van der Waals surface area contributed by atoms with Crippen LogP contribution in [0.1, 0.15) is 20.8 Å². The summed E-state index contributed by atoms with van der Waals surface area (Å²) in [7, 11) is 0. The normalized spacial score (nSPS) is 20.4. The SMILES string of the molecule is CC(C)(C)C1NC(=O)CN(c2cccc(Br)c2)C1=O. The zero-order valence-electron chi connectivity index (χ0n) is 11.2. The van der Waals surface area contributed by atoms with Crippen LogP contribution >= 0.6 is 15.9 Å². The van der Waals surface area contributed by atoms with Crippen molar-refractivity contribution >= 4 is 33.4 Å². The Morgan fingerprint density at radius 3 is 2.58 bits per heavy atom. The topological polar surface area (TPSA) is 49.4 Å². The third-order valence-corrected chi connectivity index (χ3v) is 3.60. The third kappa shape index (κ3) is 2.97. The van der Waals surface area contributed by atoms with Gasteiger partial charge in [0.05, 0.1) is 0 Å². The van der Waals surface area contributed by atoms with Crippen molar-refractivity contribution in [2.75, 3.05) is 11.4 Å². The van der Waals surface area contributed by atoms with Crippen LogP contribution < -0.4 is 10.2 Å². The number of nitrogens with one attached hydrogen (secondary N) is 1. The van der Waals surface area contributed by atoms with Gasteiger partial charge in [-0.2, -0.15) is 0 Å². The number of halogens is 1. The van der Waals surface area contributed by atoms with E-state index < -0.39 is 6.04 Å². The van der Waals surface area contributed by atoms with E-state index in [9.17, 15) is 9.59 Å². The molecule has 5 heteroatoms. The van der Waals surface area contributed by atoms with Gasteiger partial charge in [0, 0.05) is 10.2 Å². The van der Waals surface area contributed by atoms with Gasteiger partial charge in [-0.15, -0.1) is 0 Å². The summed E-state index contributed by atoms with van der Waals surface area (Å²) >= 11 is 3.38. The Morgan fingerprint density at radius 1 is 1.32 bits per heavy atom. The van der Waals surface area contributed by atoms with Crippen molar-refractivity contribution in [3.63, 3.8) is 0 Å². The van der Waals surface area contributed by atoms with Crippen LogP contribution in [0.4, 0.5) is 5.69 Å². The highest BCUT2D eigenvalue weighted by molar-refractivity contribution is 9.10. The predicted molar refractivity (Wildman–Crippen MR) is 77.9 cm³/mol. The number of amides is 2. The molecule has 19 heavy (non-hydrogen) atoms. The second-order valence-corrected chi connectivity index (χ2v) is 6.69. The maximum absolute atomic E-state index is 12.5. The maximum atomic E-state index is 12.5. The lowest BCUT2D eigenvalue weighted by molar-refractivity contribution is -0.133. The molecule has 1 aliphatic rings. The molecule has 0 aromatic heterocycles. The number of nitrogens with zero attached hydrogens (tertiary/aromatic N) is 1. The van der Waals surface area contributed by atoms with Gasteiger partial charge in [-0.05, 0) is 23.6 Å². The van der Waals surface area contributed by atoms with E-state index in [1.165, 1.54) is 0 Å². The van der Waals surface area contributed by atoms with E-state index in [2.05, 4.69) is 21.2 Å². The lowest BCUT2D eigenvalue weighted by atomic mass is 9.84. The summed E-state index contributed by atoms with van der Waals surface area (Å²) in [4.78, 5) is 25.9. The Bertz CT molecular complexity index is 522. The minimum absolute atomic E-state index is 0.0646. The molecule has 0 bridgehead atoms. The second-order valence-electron chi connectivity index (χ2n) is 5.77. The summed E-state index contributed by atoms with van der Waals surface area (Å²) in [5.41, 5.74) is 0.431. The Labute approximate surface area is 121 Å². The van der Waals surface area contributed by atoms with Crippen LogP contribution in [-0.2, 0) is 9.59 Å². The van der Waals surface area contributed by atoms with Crippen LogP contribution in [0.25, 0.3) is 0 Å². The molecule has 2 rings (SSSR count). The monoisotopic (exact) mass is 324 g/mol. The molecule has 1 unspecified atom stereocenters. The molecule has 102 valence electrons. The first kappa shape index (κ1) is 14.1. The van der Waals surface area contributed by atoms with Crippen LogP contribution in [0, 0.1) is 5.41 Å². The average molecular weight is 325 g/mol. The van der Waals surface area contributed by atoms with E-state index in [1.807, 2.05) is 45.0 Å². The predicted octanol–water partition coefficient (Wildman–Crippen LogP) is 2.33. The number of hydrogen-bond donors (Lipinski definition) is 1. The minimum Gasteiger partial charge on any atom is -0.342 e. The van der Waals surface area contributed by atoms with E-state index in [1.54, 1.807) is 4.90 Å². The fourth-order valence-electron chi connectivity index (χ4n) is 2.10. The molecule has 1 saturated heterocycles. The molecule has 2 amide bonds. The van der Waals surface area contributed by atoms with Crippen LogP contribution in [-0.4, -0.2) is 24.4 Å². The standard InChI is InChI=1S/C14H17BrN2O2/c1-14(2,3)12-13(19)17(8-11(18)16-12)10-6-4-5-9(15)7-10/h4-7,12H,8H2,1-3H3,(H,16,18). The van der Waals surface area contributed by atoms with Gasteiger partial charge in [0.25, 0.3) is 5.91 Å². The molecule has 1 atom stereocenters. The molecule has 1 N–H and O–H groups in total. The van der Waals surface area contributed by atoms with E-state index in [0.29, 0.717) is 0 Å². The zero-order valence-corrected chi connectivity index (χ0v) is 12.8. The fraction of sp³-hybridized carbons (Fsp3) is 0.429. The molecule has 1 aromatic carbocycles. The first-order chi connectivity index (χ1) is 8.79. The highest BCUT2D eigenvalue weighted by Gasteiger charge is 2.40. The number of piperazine rings is 1. The molecule has 1 fully saturated rings. The number of carbonyl (C=O) groups excluding carboxylic acids is 2. The highest BCUT2D eigenvalue weighted by atomic mass is 79.9. The summed E-state index contributed by atoms with van der Waals surface area (Å²) < 4.78 is 0.885. The van der Waals surface area contributed by atoms with Gasteiger partial charge in [-0.25, -0.2) is 0 Å². The number of benzene rings is 1. The van der Waals surface area contributed by atoms with E-state index in [-0.39, 0.29) is 23.8 Å². The van der Waals surface area contributed by atoms with Crippen molar-refractivity contribution in [1.29, 1.82) is 0 Å². The van der Waals surface area contributed by atoms with Gasteiger partial charge in [-0.3, -0.25) is 9.59 Å². The minimum atomic E-state index is -0.493. The summed E-state index contributed by atoms with van der Waals surface area (Å²) in [5.74, 6) is -0.190. The summed E-state index contributed by atoms with van der Waals surface area (Å²) in [5, 5.41) is 2.78. The van der Waals surface area contributed by atoms with Crippen molar-refractivity contribution in [1.82, 2.24) is 5.32 Å². The molecule has 0 radical (unpaired) electrons. The molecule has 0 spiro atoms. The fourth-order valence-corrected chi connectivity index (χ4v) is 2.48. The highest BCUT2D eigenvalue weighted by Crippen LogP contribution is 2.27. The maximum Gasteiger partial charge on any atom is 0.250 e. The molecule has 1 aliphatic heterocycles. The number of anilines is 1. The smallest absolute Gasteiger partial charge is 0.250 e. The first-order valence-electron chi connectivity index (χ1n) is 6.15. The molecule has 0 aliphatic carbocycles. The molecule has 0 saturated carbocycles. The quantitative estimate of drug-likeness (QED) is 0.861. The third-order valence-electron chi connectivity index (χ3n) is 3.11. The zero-order chi connectivity index (χ0) is 14.2. The molecular weight excluding hydrogens is 308 g/mol. The number of rotatable bonds is 1. The Kier molecular flexibility index (Phi) is 3.67. The Balaban J connectivity index is 2.35. The van der Waals surface area contributed by atoms with Crippen LogP contribution in [0.15, 0.2) is 28.7 Å². The number of hydrogen-bond acceptors (Lipinski definition) is 2.